The van der Waals surface area contributed by atoms with Crippen molar-refractivity contribution in [1.29, 1.82) is 0 Å². The van der Waals surface area contributed by atoms with E-state index in [2.05, 4.69) is 10.5 Å². The van der Waals surface area contributed by atoms with Gasteiger partial charge in [-0.1, -0.05) is 24.3 Å². The third-order valence-corrected chi connectivity index (χ3v) is 4.46. The Morgan fingerprint density at radius 1 is 1.21 bits per heavy atom. The predicted octanol–water partition coefficient (Wildman–Crippen LogP) is 3.23. The first-order chi connectivity index (χ1) is 14.1. The van der Waals surface area contributed by atoms with Gasteiger partial charge in [-0.15, -0.1) is 0 Å². The summed E-state index contributed by atoms with van der Waals surface area (Å²) in [6, 6.07) is 16.5. The number of fused-ring (bicyclic) bond motifs is 2. The number of rotatable bonds is 5. The van der Waals surface area contributed by atoms with Crippen molar-refractivity contribution >= 4 is 22.9 Å². The van der Waals surface area contributed by atoms with Crippen LogP contribution in [0.3, 0.4) is 0 Å². The van der Waals surface area contributed by atoms with E-state index < -0.39 is 12.0 Å². The molecule has 29 heavy (non-hydrogen) atoms. The average Bonchev–Trinajstić information content (AvgIpc) is 2.73. The second-order valence-corrected chi connectivity index (χ2v) is 6.45. The SMILES string of the molecule is CCOc1ccc(/C=N/NC(=O)[C@@H]2COc3cc4ccccc4cc3O2)c(O)c1. The van der Waals surface area contributed by atoms with Crippen LogP contribution in [0.25, 0.3) is 10.8 Å². The zero-order chi connectivity index (χ0) is 20.2. The molecule has 1 heterocycles. The zero-order valence-electron chi connectivity index (χ0n) is 15.8. The summed E-state index contributed by atoms with van der Waals surface area (Å²) in [4.78, 5) is 12.4. The average molecular weight is 392 g/mol. The highest BCUT2D eigenvalue weighted by Crippen LogP contribution is 2.35. The number of phenolic OH excluding ortho intramolecular Hbond substituents is 1. The maximum absolute atomic E-state index is 12.4. The van der Waals surface area contributed by atoms with Crippen LogP contribution in [0.1, 0.15) is 12.5 Å². The molecule has 148 valence electrons. The number of hydrogen-bond acceptors (Lipinski definition) is 6. The van der Waals surface area contributed by atoms with Gasteiger partial charge in [-0.2, -0.15) is 5.10 Å². The maximum atomic E-state index is 12.4. The molecule has 3 aromatic rings. The van der Waals surface area contributed by atoms with Crippen LogP contribution in [0, 0.1) is 0 Å². The molecule has 1 aliphatic rings. The Morgan fingerprint density at radius 3 is 2.69 bits per heavy atom. The molecule has 0 saturated carbocycles. The highest BCUT2D eigenvalue weighted by molar-refractivity contribution is 5.88. The molecule has 2 N–H and O–H groups in total. The first-order valence-electron chi connectivity index (χ1n) is 9.25. The molecule has 0 aliphatic carbocycles. The Labute approximate surface area is 167 Å². The van der Waals surface area contributed by atoms with E-state index in [1.165, 1.54) is 12.3 Å². The van der Waals surface area contributed by atoms with E-state index in [-0.39, 0.29) is 12.4 Å². The van der Waals surface area contributed by atoms with Gasteiger partial charge < -0.3 is 19.3 Å². The van der Waals surface area contributed by atoms with Crippen molar-refractivity contribution in [3.63, 3.8) is 0 Å². The molecule has 1 atom stereocenters. The second-order valence-electron chi connectivity index (χ2n) is 6.45. The number of hydrazone groups is 1. The van der Waals surface area contributed by atoms with Crippen LogP contribution in [0.4, 0.5) is 0 Å². The fourth-order valence-electron chi connectivity index (χ4n) is 3.01. The molecule has 0 fully saturated rings. The number of carbonyl (C=O) groups is 1. The molecule has 4 rings (SSSR count). The molecule has 0 aromatic heterocycles. The van der Waals surface area contributed by atoms with E-state index in [9.17, 15) is 9.90 Å². The predicted molar refractivity (Wildman–Crippen MR) is 109 cm³/mol. The van der Waals surface area contributed by atoms with Crippen LogP contribution in [-0.2, 0) is 4.79 Å². The van der Waals surface area contributed by atoms with Crippen LogP contribution in [0.2, 0.25) is 0 Å². The van der Waals surface area contributed by atoms with Crippen LogP contribution in [0.5, 0.6) is 23.0 Å². The lowest BCUT2D eigenvalue weighted by molar-refractivity contribution is -0.130. The minimum Gasteiger partial charge on any atom is -0.507 e. The van der Waals surface area contributed by atoms with Crippen molar-refractivity contribution in [3.8, 4) is 23.0 Å². The van der Waals surface area contributed by atoms with Gasteiger partial charge in [0.2, 0.25) is 6.10 Å². The molecule has 7 nitrogen and oxygen atoms in total. The summed E-state index contributed by atoms with van der Waals surface area (Å²) in [5.74, 6) is 1.25. The van der Waals surface area contributed by atoms with Gasteiger partial charge in [0.05, 0.1) is 12.8 Å². The lowest BCUT2D eigenvalue weighted by Crippen LogP contribution is -2.42. The molecule has 3 aromatic carbocycles. The molecule has 0 radical (unpaired) electrons. The largest absolute Gasteiger partial charge is 0.507 e. The van der Waals surface area contributed by atoms with Gasteiger partial charge in [-0.25, -0.2) is 5.43 Å². The first kappa shape index (κ1) is 18.6. The van der Waals surface area contributed by atoms with Crippen molar-refractivity contribution in [2.75, 3.05) is 13.2 Å². The summed E-state index contributed by atoms with van der Waals surface area (Å²) < 4.78 is 16.8. The van der Waals surface area contributed by atoms with Gasteiger partial charge in [0.25, 0.3) is 5.91 Å². The summed E-state index contributed by atoms with van der Waals surface area (Å²) in [5, 5.41) is 15.9. The topological polar surface area (TPSA) is 89.4 Å². The number of benzene rings is 3. The Hall–Kier alpha value is -3.74. The van der Waals surface area contributed by atoms with Crippen molar-refractivity contribution in [2.45, 2.75) is 13.0 Å². The third-order valence-electron chi connectivity index (χ3n) is 4.46. The van der Waals surface area contributed by atoms with Gasteiger partial charge in [-0.3, -0.25) is 4.79 Å². The van der Waals surface area contributed by atoms with E-state index >= 15 is 0 Å². The lowest BCUT2D eigenvalue weighted by Gasteiger charge is -2.25. The van der Waals surface area contributed by atoms with Gasteiger partial charge in [0.15, 0.2) is 11.5 Å². The quantitative estimate of drug-likeness (QED) is 0.514. The van der Waals surface area contributed by atoms with E-state index in [1.54, 1.807) is 12.1 Å². The molecule has 1 aliphatic heterocycles. The number of aromatic hydroxyl groups is 1. The lowest BCUT2D eigenvalue weighted by atomic mass is 10.1. The summed E-state index contributed by atoms with van der Waals surface area (Å²) in [6.07, 6.45) is 0.531. The van der Waals surface area contributed by atoms with Crippen LogP contribution < -0.4 is 19.6 Å². The number of phenols is 1. The van der Waals surface area contributed by atoms with Crippen LogP contribution >= 0.6 is 0 Å². The number of ether oxygens (including phenoxy) is 3. The molecule has 0 unspecified atom stereocenters. The number of amides is 1. The molecular formula is C22H20N2O5. The van der Waals surface area contributed by atoms with E-state index in [1.807, 2.05) is 43.3 Å². The molecule has 0 saturated heterocycles. The summed E-state index contributed by atoms with van der Waals surface area (Å²) >= 11 is 0. The number of hydrogen-bond donors (Lipinski definition) is 2. The van der Waals surface area contributed by atoms with Gasteiger partial charge >= 0.3 is 0 Å². The minimum atomic E-state index is -0.824. The van der Waals surface area contributed by atoms with E-state index in [4.69, 9.17) is 14.2 Å². The monoisotopic (exact) mass is 392 g/mol. The van der Waals surface area contributed by atoms with Crippen molar-refractivity contribution in [1.82, 2.24) is 5.43 Å². The van der Waals surface area contributed by atoms with Gasteiger partial charge in [0.1, 0.15) is 18.1 Å². The Morgan fingerprint density at radius 2 is 1.97 bits per heavy atom. The van der Waals surface area contributed by atoms with Crippen LogP contribution in [0.15, 0.2) is 59.7 Å². The summed E-state index contributed by atoms with van der Waals surface area (Å²) in [6.45, 7) is 2.45. The minimum absolute atomic E-state index is 0.00649. The maximum Gasteiger partial charge on any atom is 0.284 e. The van der Waals surface area contributed by atoms with Gasteiger partial charge in [0, 0.05) is 11.6 Å². The van der Waals surface area contributed by atoms with Gasteiger partial charge in [-0.05, 0) is 42.0 Å². The van der Waals surface area contributed by atoms with E-state index in [0.717, 1.165) is 10.8 Å². The highest BCUT2D eigenvalue weighted by atomic mass is 16.6. The molecule has 0 spiro atoms. The third kappa shape index (κ3) is 4.08. The smallest absolute Gasteiger partial charge is 0.284 e. The molecule has 1 amide bonds. The highest BCUT2D eigenvalue weighted by Gasteiger charge is 2.27. The normalized spacial score (nSPS) is 15.4. The fourth-order valence-corrected chi connectivity index (χ4v) is 3.01. The zero-order valence-corrected chi connectivity index (χ0v) is 15.8. The van der Waals surface area contributed by atoms with Crippen molar-refractivity contribution < 1.29 is 24.1 Å². The molecule has 0 bridgehead atoms. The van der Waals surface area contributed by atoms with Crippen LogP contribution in [-0.4, -0.2) is 36.5 Å². The standard InChI is InChI=1S/C22H20N2O5/c1-2-27-17-8-7-16(18(25)11-17)12-23-24-22(26)21-13-28-19-9-14-5-3-4-6-15(14)10-20(19)29-21/h3-12,21,25H,2,13H2,1H3,(H,24,26)/b23-12+/t21-/m0/s1. The van der Waals surface area contributed by atoms with Crippen molar-refractivity contribution in [2.24, 2.45) is 5.10 Å². The Bertz CT molecular complexity index is 1080. The summed E-state index contributed by atoms with van der Waals surface area (Å²) in [7, 11) is 0. The Balaban J connectivity index is 1.41. The molecular weight excluding hydrogens is 372 g/mol. The Kier molecular flexibility index (Phi) is 5.20. The number of nitrogens with zero attached hydrogens (tertiary/aromatic N) is 1. The number of carbonyl (C=O) groups excluding carboxylic acids is 1. The fraction of sp³-hybridized carbons (Fsp3) is 0.182. The second kappa shape index (κ2) is 8.10. The number of nitrogens with one attached hydrogen (secondary N) is 1. The summed E-state index contributed by atoms with van der Waals surface area (Å²) in [5.41, 5.74) is 2.87. The molecule has 7 heteroatoms. The van der Waals surface area contributed by atoms with Crippen molar-refractivity contribution in [3.05, 3.63) is 60.2 Å². The first-order valence-corrected chi connectivity index (χ1v) is 9.25. The van der Waals surface area contributed by atoms with E-state index in [0.29, 0.717) is 29.4 Å².